The second-order valence-electron chi connectivity index (χ2n) is 8.22. The number of fused-ring (bicyclic) bond motifs is 1. The fourth-order valence-corrected chi connectivity index (χ4v) is 3.91. The first-order chi connectivity index (χ1) is 15.4. The highest BCUT2D eigenvalue weighted by molar-refractivity contribution is 6.13. The largest absolute Gasteiger partial charge is 0.305 e. The van der Waals surface area contributed by atoms with E-state index in [-0.39, 0.29) is 5.91 Å². The molecule has 0 saturated heterocycles. The highest BCUT2D eigenvalue weighted by Crippen LogP contribution is 2.28. The quantitative estimate of drug-likeness (QED) is 0.432. The fraction of sp³-hybridized carbons (Fsp3) is 0.360. The summed E-state index contributed by atoms with van der Waals surface area (Å²) >= 11 is 0. The van der Waals surface area contributed by atoms with Crippen molar-refractivity contribution in [3.05, 3.63) is 58.9 Å². The number of benzene rings is 1. The molecule has 3 aromatic heterocycles. The van der Waals surface area contributed by atoms with Gasteiger partial charge in [0.05, 0.1) is 22.3 Å². The average molecular weight is 431 g/mol. The van der Waals surface area contributed by atoms with Crippen molar-refractivity contribution in [1.82, 2.24) is 24.5 Å². The van der Waals surface area contributed by atoms with Crippen molar-refractivity contribution < 1.29 is 4.79 Å². The van der Waals surface area contributed by atoms with Crippen molar-refractivity contribution >= 4 is 22.8 Å². The molecule has 0 aliphatic heterocycles. The fourth-order valence-electron chi connectivity index (χ4n) is 3.91. The van der Waals surface area contributed by atoms with E-state index in [9.17, 15) is 4.79 Å². The molecule has 7 heteroatoms. The van der Waals surface area contributed by atoms with Crippen molar-refractivity contribution in [3.63, 3.8) is 0 Å². The Balaban J connectivity index is 1.77. The third-order valence-electron chi connectivity index (χ3n) is 5.72. The van der Waals surface area contributed by atoms with Crippen molar-refractivity contribution in [2.75, 3.05) is 5.32 Å². The Morgan fingerprint density at radius 3 is 2.44 bits per heavy atom. The van der Waals surface area contributed by atoms with Crippen LogP contribution in [0, 0.1) is 20.8 Å². The zero-order valence-corrected chi connectivity index (χ0v) is 19.4. The molecule has 166 valence electrons. The van der Waals surface area contributed by atoms with Gasteiger partial charge in [0, 0.05) is 30.4 Å². The molecule has 0 fully saturated rings. The van der Waals surface area contributed by atoms with Crippen molar-refractivity contribution in [2.45, 2.75) is 60.5 Å². The Kier molecular flexibility index (Phi) is 6.08. The van der Waals surface area contributed by atoms with Gasteiger partial charge in [0.2, 0.25) is 0 Å². The van der Waals surface area contributed by atoms with Crippen LogP contribution in [0.4, 0.5) is 5.82 Å². The van der Waals surface area contributed by atoms with Crippen LogP contribution in [0.2, 0.25) is 0 Å². The lowest BCUT2D eigenvalue weighted by Crippen LogP contribution is -2.14. The van der Waals surface area contributed by atoms with E-state index in [1.165, 1.54) is 5.56 Å². The van der Waals surface area contributed by atoms with Crippen LogP contribution in [0.15, 0.2) is 36.4 Å². The third-order valence-corrected chi connectivity index (χ3v) is 5.72. The van der Waals surface area contributed by atoms with E-state index in [1.807, 2.05) is 54.4 Å². The van der Waals surface area contributed by atoms with Crippen LogP contribution < -0.4 is 5.32 Å². The van der Waals surface area contributed by atoms with Crippen LogP contribution in [0.1, 0.15) is 54.0 Å². The Hall–Kier alpha value is -3.48. The third kappa shape index (κ3) is 4.15. The molecule has 32 heavy (non-hydrogen) atoms. The number of hydrogen-bond acceptors (Lipinski definition) is 4. The van der Waals surface area contributed by atoms with Gasteiger partial charge in [-0.05, 0) is 40.2 Å². The first-order valence-electron chi connectivity index (χ1n) is 11.2. The molecule has 4 aromatic rings. The maximum atomic E-state index is 13.4. The summed E-state index contributed by atoms with van der Waals surface area (Å²) in [7, 11) is 0. The van der Waals surface area contributed by atoms with Gasteiger partial charge < -0.3 is 5.32 Å². The van der Waals surface area contributed by atoms with Gasteiger partial charge in [-0.15, -0.1) is 0 Å². The minimum atomic E-state index is -0.204. The number of hydrogen-bond donors (Lipinski definition) is 1. The molecular formula is C25H30N6O. The zero-order chi connectivity index (χ0) is 22.8. The van der Waals surface area contributed by atoms with Crippen LogP contribution in [0.5, 0.6) is 0 Å². The molecule has 0 aliphatic rings. The lowest BCUT2D eigenvalue weighted by Gasteiger charge is -2.09. The van der Waals surface area contributed by atoms with E-state index in [0.717, 1.165) is 53.1 Å². The van der Waals surface area contributed by atoms with E-state index in [2.05, 4.69) is 41.5 Å². The van der Waals surface area contributed by atoms with Crippen molar-refractivity contribution in [2.24, 2.45) is 0 Å². The predicted octanol–water partition coefficient (Wildman–Crippen LogP) is 5.29. The first kappa shape index (κ1) is 21.7. The summed E-state index contributed by atoms with van der Waals surface area (Å²) in [6, 6.07) is 11.9. The number of amides is 1. The predicted molar refractivity (Wildman–Crippen MR) is 128 cm³/mol. The summed E-state index contributed by atoms with van der Waals surface area (Å²) in [5, 5.41) is 13.0. The number of aromatic nitrogens is 5. The van der Waals surface area contributed by atoms with Gasteiger partial charge >= 0.3 is 0 Å². The van der Waals surface area contributed by atoms with Crippen LogP contribution in [0.3, 0.4) is 0 Å². The molecular weight excluding hydrogens is 400 g/mol. The number of carbonyl (C=O) groups excluding carboxylic acids is 1. The Bertz CT molecular complexity index is 1270. The van der Waals surface area contributed by atoms with Crippen LogP contribution in [-0.2, 0) is 13.1 Å². The molecule has 7 nitrogen and oxygen atoms in total. The molecule has 0 bridgehead atoms. The number of rotatable bonds is 7. The maximum absolute atomic E-state index is 13.4. The van der Waals surface area contributed by atoms with E-state index < -0.39 is 0 Å². The van der Waals surface area contributed by atoms with Crippen molar-refractivity contribution in [3.8, 4) is 11.3 Å². The molecule has 1 N–H and O–H groups in total. The van der Waals surface area contributed by atoms with Crippen molar-refractivity contribution in [1.29, 1.82) is 0 Å². The van der Waals surface area contributed by atoms with Gasteiger partial charge in [-0.1, -0.05) is 43.2 Å². The number of unbranched alkanes of at least 4 members (excludes halogenated alkanes) is 1. The minimum Gasteiger partial charge on any atom is -0.305 e. The van der Waals surface area contributed by atoms with Gasteiger partial charge in [0.1, 0.15) is 0 Å². The van der Waals surface area contributed by atoms with Gasteiger partial charge in [-0.2, -0.15) is 10.2 Å². The highest BCUT2D eigenvalue weighted by atomic mass is 16.1. The lowest BCUT2D eigenvalue weighted by atomic mass is 10.0. The van der Waals surface area contributed by atoms with E-state index in [1.54, 1.807) is 0 Å². The SMILES string of the molecule is CCCCn1nc(NC(=O)c2cc(-c3ccc(C)cc3)nc3c2c(C)nn3CC)cc1C. The minimum absolute atomic E-state index is 0.204. The highest BCUT2D eigenvalue weighted by Gasteiger charge is 2.21. The lowest BCUT2D eigenvalue weighted by molar-refractivity contribution is 0.102. The molecule has 0 unspecified atom stereocenters. The first-order valence-corrected chi connectivity index (χ1v) is 11.2. The van der Waals surface area contributed by atoms with Crippen LogP contribution >= 0.6 is 0 Å². The van der Waals surface area contributed by atoms with Crippen LogP contribution in [-0.4, -0.2) is 30.5 Å². The van der Waals surface area contributed by atoms with Gasteiger partial charge in [0.15, 0.2) is 11.5 Å². The summed E-state index contributed by atoms with van der Waals surface area (Å²) in [5.74, 6) is 0.357. The molecule has 0 aliphatic carbocycles. The number of pyridine rings is 1. The summed E-state index contributed by atoms with van der Waals surface area (Å²) in [4.78, 5) is 18.3. The molecule has 0 saturated carbocycles. The zero-order valence-electron chi connectivity index (χ0n) is 19.4. The van der Waals surface area contributed by atoms with Gasteiger partial charge in [-0.3, -0.25) is 9.48 Å². The summed E-state index contributed by atoms with van der Waals surface area (Å²) < 4.78 is 3.79. The standard InChI is InChI=1S/C25H30N6O/c1-6-8-13-31-17(4)14-22(29-31)27-25(32)20-15-21(19-11-9-16(3)10-12-19)26-24-23(20)18(5)28-30(24)7-2/h9-12,14-15H,6-8,13H2,1-5H3,(H,27,29,32). The summed E-state index contributed by atoms with van der Waals surface area (Å²) in [6.07, 6.45) is 2.15. The monoisotopic (exact) mass is 430 g/mol. The van der Waals surface area contributed by atoms with Gasteiger partial charge in [-0.25, -0.2) is 9.67 Å². The maximum Gasteiger partial charge on any atom is 0.257 e. The second-order valence-corrected chi connectivity index (χ2v) is 8.22. The molecule has 0 radical (unpaired) electrons. The molecule has 4 rings (SSSR count). The topological polar surface area (TPSA) is 77.6 Å². The normalized spacial score (nSPS) is 11.3. The van der Waals surface area contributed by atoms with E-state index in [0.29, 0.717) is 17.9 Å². The number of carbonyl (C=O) groups is 1. The molecule has 1 aromatic carbocycles. The molecule has 0 atom stereocenters. The number of nitrogens with zero attached hydrogens (tertiary/aromatic N) is 5. The number of nitrogens with one attached hydrogen (secondary N) is 1. The van der Waals surface area contributed by atoms with Gasteiger partial charge in [0.25, 0.3) is 5.91 Å². The van der Waals surface area contributed by atoms with Crippen LogP contribution in [0.25, 0.3) is 22.3 Å². The smallest absolute Gasteiger partial charge is 0.257 e. The molecule has 1 amide bonds. The van der Waals surface area contributed by atoms with E-state index >= 15 is 0 Å². The second kappa shape index (κ2) is 8.94. The molecule has 3 heterocycles. The Morgan fingerprint density at radius 2 is 1.75 bits per heavy atom. The van der Waals surface area contributed by atoms with E-state index in [4.69, 9.17) is 4.98 Å². The summed E-state index contributed by atoms with van der Waals surface area (Å²) in [5.41, 5.74) is 6.00. The molecule has 0 spiro atoms. The number of aryl methyl sites for hydroxylation is 5. The Morgan fingerprint density at radius 1 is 1.00 bits per heavy atom. The number of anilines is 1. The summed E-state index contributed by atoms with van der Waals surface area (Å²) in [6.45, 7) is 11.7. The average Bonchev–Trinajstić information content (AvgIpc) is 3.30. The Labute approximate surface area is 188 Å².